The van der Waals surface area contributed by atoms with Crippen LogP contribution in [0.2, 0.25) is 0 Å². The van der Waals surface area contributed by atoms with Gasteiger partial charge in [0.05, 0.1) is 42.9 Å². The molecule has 5 aliphatic heterocycles. The first-order valence-corrected chi connectivity index (χ1v) is 46.3. The summed E-state index contributed by atoms with van der Waals surface area (Å²) in [4.78, 5) is 201. The third-order valence-electron chi connectivity index (χ3n) is 30.9. The lowest BCUT2D eigenvalue weighted by Crippen LogP contribution is -2.70. The topological polar surface area (TPSA) is 472 Å². The molecular formula is C102H111F4N7O25. The molecule has 0 radical (unpaired) electrons. The first-order chi connectivity index (χ1) is 65.2. The largest absolute Gasteiger partial charge is 0.390 e. The Kier molecular flexibility index (Phi) is 28.1. The number of nitrogens with zero attached hydrogens (tertiary/aromatic N) is 3. The van der Waals surface area contributed by atoms with Gasteiger partial charge in [0.15, 0.2) is 64.0 Å². The van der Waals surface area contributed by atoms with Crippen LogP contribution in [-0.2, 0) is 113 Å². The quantitative estimate of drug-likeness (QED) is 0.0197. The normalized spacial score (nSPS) is 33.4. The maximum atomic E-state index is 17.7. The van der Waals surface area contributed by atoms with Crippen LogP contribution in [0.25, 0.3) is 0 Å². The van der Waals surface area contributed by atoms with E-state index >= 15 is 17.6 Å². The number of nitrogens with one attached hydrogen (secondary N) is 3. The molecule has 0 aromatic heterocycles. The molecule has 0 spiro atoms. The van der Waals surface area contributed by atoms with Crippen molar-refractivity contribution in [3.63, 3.8) is 0 Å². The number of imide groups is 3. The number of benzene rings is 4. The van der Waals surface area contributed by atoms with Crippen molar-refractivity contribution in [3.05, 3.63) is 202 Å². The van der Waals surface area contributed by atoms with E-state index in [9.17, 15) is 97.1 Å². The number of anilines is 2. The van der Waals surface area contributed by atoms with E-state index < -0.39 is 231 Å². The van der Waals surface area contributed by atoms with Crippen LogP contribution in [0.5, 0.6) is 0 Å². The number of hydrogen-bond donors (Lipinski definition) is 8. The summed E-state index contributed by atoms with van der Waals surface area (Å²) in [5.41, 5.74) is -2.19. The smallest absolute Gasteiger partial charge is 0.335 e. The molecule has 8 aliphatic carbocycles. The second-order valence-electron chi connectivity index (χ2n) is 39.3. The second-order valence-corrected chi connectivity index (χ2v) is 39.3. The number of carbonyl (C=O) groups excluding carboxylic acids is 16. The maximum Gasteiger partial charge on any atom is 0.335 e. The van der Waals surface area contributed by atoms with Crippen LogP contribution >= 0.6 is 0 Å². The highest BCUT2D eigenvalue weighted by molar-refractivity contribution is 6.14. The van der Waals surface area contributed by atoms with Crippen molar-refractivity contribution >= 4 is 105 Å². The van der Waals surface area contributed by atoms with Crippen molar-refractivity contribution in [2.75, 3.05) is 36.9 Å². The zero-order valence-corrected chi connectivity index (χ0v) is 77.3. The molecule has 24 atom stereocenters. The third-order valence-corrected chi connectivity index (χ3v) is 30.9. The molecule has 6 saturated carbocycles. The van der Waals surface area contributed by atoms with Gasteiger partial charge in [0, 0.05) is 137 Å². The molecule has 9 fully saturated rings. The fourth-order valence-corrected chi connectivity index (χ4v) is 23.6. The molecule has 4 aromatic rings. The average molecular weight is 1910 g/mol. The molecular weight excluding hydrogens is 1800 g/mol. The van der Waals surface area contributed by atoms with Crippen LogP contribution in [0.3, 0.4) is 0 Å². The molecule has 3 saturated heterocycles. The molecule has 36 heteroatoms. The highest BCUT2D eigenvalue weighted by Gasteiger charge is 2.82. The molecule has 0 unspecified atom stereocenters. The van der Waals surface area contributed by atoms with Crippen LogP contribution in [-0.4, -0.2) is 227 Å². The van der Waals surface area contributed by atoms with Crippen LogP contribution in [0.15, 0.2) is 169 Å². The monoisotopic (exact) mass is 1910 g/mol. The lowest BCUT2D eigenvalue weighted by Gasteiger charge is -2.63. The van der Waals surface area contributed by atoms with E-state index in [0.29, 0.717) is 40.4 Å². The number of hydrogen-bond acceptors (Lipinski definition) is 26. The lowest BCUT2D eigenvalue weighted by atomic mass is 9.44. The van der Waals surface area contributed by atoms with Crippen molar-refractivity contribution in [2.24, 2.45) is 62.9 Å². The van der Waals surface area contributed by atoms with E-state index in [1.807, 2.05) is 66.7 Å². The minimum atomic E-state index is -2.35. The average Bonchev–Trinajstić information content (AvgIpc) is 1.52. The number of Topliss-reactive ketones (excluding diaryl/α,β-unsaturated/α-hetero) is 4. The number of ether oxygens (including phenoxy) is 4. The minimum absolute atomic E-state index is 0.000820. The summed E-state index contributed by atoms with van der Waals surface area (Å²) in [7, 11) is 0. The molecule has 4 aromatic carbocycles. The molecule has 9 amide bonds. The van der Waals surface area contributed by atoms with Crippen LogP contribution in [0.4, 0.5) is 28.9 Å². The molecule has 13 aliphatic rings. The summed E-state index contributed by atoms with van der Waals surface area (Å²) in [6.45, 7) is 10.9. The predicted molar refractivity (Wildman–Crippen MR) is 481 cm³/mol. The van der Waals surface area contributed by atoms with Gasteiger partial charge in [-0.05, 0) is 173 Å². The molecule has 138 heavy (non-hydrogen) atoms. The van der Waals surface area contributed by atoms with Gasteiger partial charge in [-0.3, -0.25) is 81.7 Å². The first kappa shape index (κ1) is 100. The summed E-state index contributed by atoms with van der Waals surface area (Å²) in [6, 6.07) is 27.8. The van der Waals surface area contributed by atoms with Gasteiger partial charge in [0.1, 0.15) is 31.3 Å². The Morgan fingerprint density at radius 2 is 0.906 bits per heavy atom. The number of allylic oxidation sites excluding steroid dienone is 8. The number of ketones is 6. The zero-order valence-electron chi connectivity index (χ0n) is 77.3. The van der Waals surface area contributed by atoms with Gasteiger partial charge in [0.2, 0.25) is 17.7 Å². The molecule has 32 nitrogen and oxygen atoms in total. The summed E-state index contributed by atoms with van der Waals surface area (Å²) >= 11 is 0. The Labute approximate surface area is 791 Å². The van der Waals surface area contributed by atoms with E-state index in [4.69, 9.17) is 24.7 Å². The molecule has 17 rings (SSSR count). The zero-order chi connectivity index (χ0) is 99.8. The highest BCUT2D eigenvalue weighted by atomic mass is 19.2. The minimum Gasteiger partial charge on any atom is -0.390 e. The van der Waals surface area contributed by atoms with Crippen molar-refractivity contribution in [3.8, 4) is 0 Å². The van der Waals surface area contributed by atoms with Crippen molar-refractivity contribution < 1.29 is 138 Å². The van der Waals surface area contributed by atoms with Crippen LogP contribution < -0.4 is 21.7 Å². The Balaban J connectivity index is 0.000000178. The lowest BCUT2D eigenvalue weighted by molar-refractivity contribution is -0.235. The Hall–Kier alpha value is -12.0. The number of aliphatic hydroxyl groups excluding tert-OH is 4. The number of amides is 9. The van der Waals surface area contributed by atoms with Crippen molar-refractivity contribution in [1.82, 2.24) is 20.2 Å². The van der Waals surface area contributed by atoms with Crippen molar-refractivity contribution in [1.29, 1.82) is 0 Å². The number of fused-ring (bicyclic) bond motifs is 14. The van der Waals surface area contributed by atoms with Gasteiger partial charge < -0.3 is 65.9 Å². The number of rotatable bonds is 28. The van der Waals surface area contributed by atoms with Gasteiger partial charge >= 0.3 is 5.97 Å². The number of aliphatic hydroxyl groups is 4. The number of carbonyl (C=O) groups is 16. The number of alkyl halides is 4. The van der Waals surface area contributed by atoms with Gasteiger partial charge in [-0.1, -0.05) is 113 Å². The summed E-state index contributed by atoms with van der Waals surface area (Å²) in [5, 5.41) is 52.8. The molecule has 0 bridgehead atoms. The van der Waals surface area contributed by atoms with Gasteiger partial charge in [-0.2, -0.15) is 0 Å². The van der Waals surface area contributed by atoms with E-state index in [-0.39, 0.29) is 119 Å². The van der Waals surface area contributed by atoms with E-state index in [0.717, 1.165) is 68.5 Å². The highest BCUT2D eigenvalue weighted by Crippen LogP contribution is 2.75. The molecule has 9 N–H and O–H groups in total. The predicted octanol–water partition coefficient (Wildman–Crippen LogP) is 7.98. The SMILES string of the molecule is C[C@H](CC(=O)[C@H](C)NC(=O)CCN1C(=O)C=CC1=O)C(=O)Nc1cccc(Cc2ccc([C@@H]3O[C@@H]4C[C@H]5[C@@H]6C[C@H](F)C7=CC(=O)C=C[C@]7(C)[C@@]6(F)[C@@H](O)C[C@]5(C)[C@]4(C(=O)CO)O3)cc2)c1.C[C@H](N)C(=O)C[C@@H](C)C(=O)Nc1cccc(Cc2ccc([C@@H]3O[C@@H]4C[C@H]5[C@@H]6C[C@H](F)C7=CC(=O)C=C[C@]7(C)[C@@]6(F)[C@@H](O)C[C@]5(C)[C@]4(C(=O)CO)O3)cc2)c1.O=C(CCN1C(=O)C=CC1=O)ON1C(=O)CCC1=O. The van der Waals surface area contributed by atoms with Crippen LogP contribution in [0.1, 0.15) is 178 Å². The molecule has 732 valence electrons. The van der Waals surface area contributed by atoms with Gasteiger partial charge in [-0.15, -0.1) is 5.06 Å². The number of hydroxylamine groups is 2. The van der Waals surface area contributed by atoms with Gasteiger partial charge in [-0.25, -0.2) is 22.4 Å². The number of nitrogens with two attached hydrogens (primary N) is 1. The standard InChI is InChI=1S/C49H53F2N3O11.C42H48F2N2O8.C11H10N2O6/c1-26(18-37(57)27(2)52-41(60)15-17-54-42(61)12-13-43(54)62)44(63)53-31-7-5-6-29(20-31)19-28-8-10-30(11-9-28)45-64-40-23-33-34-22-36(50)35-21-32(56)14-16-46(35,3)48(34,51)38(58)24-47(33,4)49(40,65-45)39(59)25-55;1-22(14-33(49)23(2)45)37(52)46-27-7-5-6-25(16-27)15-24-8-10-26(11-9-24)38-53-36-19-29-30-18-32(43)31-17-28(48)12-13-39(31,3)41(30,44)34(50)20-40(29,4)42(36,54-38)35(51)21-47;14-7-1-2-8(15)12(7)6-5-11(18)19-13-9(16)3-4-10(13)17/h5-14,16,20-21,26-27,33-34,36,38,40,45,55,58H,15,17-19,22-25H2,1-4H3,(H,52,60)(H,53,63);5-13,16-17,22-23,29-30,32,34,36,38,47,50H,14-15,18-21,45H2,1-4H3,(H,46,52);1-2H,3-6H2/t26-,27+,33+,34+,36+,38+,40-,45-,46+,47+,48+,49-;22-,23+,29+,30+,32+,34+,36-,38-,39+,40+,41+,42-;/m11./s1. The summed E-state index contributed by atoms with van der Waals surface area (Å²) in [6.07, 6.45) is 1.19. The van der Waals surface area contributed by atoms with Gasteiger partial charge in [0.25, 0.3) is 35.4 Å². The van der Waals surface area contributed by atoms with Crippen LogP contribution in [0, 0.1) is 57.2 Å². The number of halogens is 4. The third kappa shape index (κ3) is 17.8. The summed E-state index contributed by atoms with van der Waals surface area (Å²) in [5.74, 6) is -12.6. The first-order valence-electron chi connectivity index (χ1n) is 46.3. The fourth-order valence-electron chi connectivity index (χ4n) is 23.6. The maximum absolute atomic E-state index is 17.7. The van der Waals surface area contributed by atoms with E-state index in [2.05, 4.69) is 20.8 Å². The fraction of sp³-hybridized carbons (Fsp3) is 0.490. The van der Waals surface area contributed by atoms with E-state index in [1.54, 1.807) is 65.0 Å². The Morgan fingerprint density at radius 3 is 1.30 bits per heavy atom. The second kappa shape index (κ2) is 38.6. The Bertz CT molecular complexity index is 5830. The molecule has 5 heterocycles. The Morgan fingerprint density at radius 1 is 0.514 bits per heavy atom. The van der Waals surface area contributed by atoms with Crippen molar-refractivity contribution in [2.45, 2.75) is 229 Å². The summed E-state index contributed by atoms with van der Waals surface area (Å²) < 4.78 is 93.4. The van der Waals surface area contributed by atoms with E-state index in [1.165, 1.54) is 45.1 Å².